The van der Waals surface area contributed by atoms with Crippen LogP contribution in [0.15, 0.2) is 86.4 Å². The molecule has 0 aromatic heterocycles. The molecule has 0 bridgehead atoms. The Balaban J connectivity index is 1.61. The summed E-state index contributed by atoms with van der Waals surface area (Å²) in [5, 5.41) is 0. The zero-order valence-corrected chi connectivity index (χ0v) is 18.7. The van der Waals surface area contributed by atoms with Crippen LogP contribution in [0.25, 0.3) is 6.08 Å². The van der Waals surface area contributed by atoms with Crippen LogP contribution >= 0.6 is 31.9 Å². The van der Waals surface area contributed by atoms with Gasteiger partial charge in [-0.25, -0.2) is 4.99 Å². The average Bonchev–Trinajstić information content (AvgIpc) is 3.34. The zero-order valence-electron chi connectivity index (χ0n) is 15.5. The van der Waals surface area contributed by atoms with Crippen LogP contribution in [0.1, 0.15) is 11.1 Å². The molecule has 0 radical (unpaired) electrons. The van der Waals surface area contributed by atoms with Crippen molar-refractivity contribution in [2.75, 3.05) is 11.7 Å². The van der Waals surface area contributed by atoms with Gasteiger partial charge in [0.1, 0.15) is 11.5 Å². The molecule has 7 heteroatoms. The highest BCUT2D eigenvalue weighted by molar-refractivity contribution is 9.10. The highest BCUT2D eigenvalue weighted by Gasteiger charge is 2.33. The van der Waals surface area contributed by atoms with Crippen molar-refractivity contribution < 1.29 is 14.3 Å². The Morgan fingerprint density at radius 2 is 1.70 bits per heavy atom. The predicted octanol–water partition coefficient (Wildman–Crippen LogP) is 5.77. The van der Waals surface area contributed by atoms with Gasteiger partial charge in [0, 0.05) is 14.5 Å². The predicted molar refractivity (Wildman–Crippen MR) is 123 cm³/mol. The number of halogens is 2. The SMILES string of the molecule is O=C1/C(=C\c2ccc3c(c2)OCO3)N=C(c2ccccc2Br)N1c1ccc(Br)cc1. The first-order chi connectivity index (χ1) is 14.6. The third-order valence-electron chi connectivity index (χ3n) is 4.76. The van der Waals surface area contributed by atoms with Gasteiger partial charge < -0.3 is 9.47 Å². The highest BCUT2D eigenvalue weighted by Crippen LogP contribution is 2.35. The number of amides is 1. The quantitative estimate of drug-likeness (QED) is 0.407. The summed E-state index contributed by atoms with van der Waals surface area (Å²) in [6.07, 6.45) is 1.76. The number of hydrogen-bond acceptors (Lipinski definition) is 4. The summed E-state index contributed by atoms with van der Waals surface area (Å²) in [5.41, 5.74) is 2.74. The summed E-state index contributed by atoms with van der Waals surface area (Å²) in [5.74, 6) is 1.74. The van der Waals surface area contributed by atoms with Crippen LogP contribution in [-0.4, -0.2) is 18.5 Å². The van der Waals surface area contributed by atoms with Crippen LogP contribution in [0.3, 0.4) is 0 Å². The second kappa shape index (κ2) is 7.74. The van der Waals surface area contributed by atoms with Crippen LogP contribution < -0.4 is 14.4 Å². The number of hydrogen-bond donors (Lipinski definition) is 0. The maximum Gasteiger partial charge on any atom is 0.282 e. The molecule has 1 amide bonds. The van der Waals surface area contributed by atoms with Gasteiger partial charge in [-0.1, -0.05) is 56.1 Å². The third-order valence-corrected chi connectivity index (χ3v) is 5.98. The van der Waals surface area contributed by atoms with Gasteiger partial charge in [0.25, 0.3) is 5.91 Å². The van der Waals surface area contributed by atoms with E-state index in [1.807, 2.05) is 66.7 Å². The van der Waals surface area contributed by atoms with Crippen LogP contribution in [0.2, 0.25) is 0 Å². The van der Waals surface area contributed by atoms with Crippen LogP contribution in [-0.2, 0) is 4.79 Å². The molecule has 0 atom stereocenters. The van der Waals surface area contributed by atoms with Crippen molar-refractivity contribution in [3.8, 4) is 11.5 Å². The molecule has 0 unspecified atom stereocenters. The Morgan fingerprint density at radius 1 is 0.933 bits per heavy atom. The van der Waals surface area contributed by atoms with Crippen molar-refractivity contribution in [3.05, 3.63) is 92.5 Å². The number of amidine groups is 1. The van der Waals surface area contributed by atoms with Crippen LogP contribution in [0.5, 0.6) is 11.5 Å². The summed E-state index contributed by atoms with van der Waals surface area (Å²) in [6, 6.07) is 20.9. The fourth-order valence-electron chi connectivity index (χ4n) is 3.33. The molecule has 0 fully saturated rings. The molecular weight excluding hydrogens is 512 g/mol. The smallest absolute Gasteiger partial charge is 0.282 e. The lowest BCUT2D eigenvalue weighted by Gasteiger charge is -2.19. The second-order valence-corrected chi connectivity index (χ2v) is 8.44. The van der Waals surface area contributed by atoms with E-state index in [0.717, 1.165) is 25.8 Å². The van der Waals surface area contributed by atoms with Gasteiger partial charge >= 0.3 is 0 Å². The Labute approximate surface area is 189 Å². The highest BCUT2D eigenvalue weighted by atomic mass is 79.9. The average molecular weight is 526 g/mol. The van der Waals surface area contributed by atoms with E-state index in [0.29, 0.717) is 23.0 Å². The molecular formula is C23H14Br2N2O3. The molecule has 2 aliphatic heterocycles. The van der Waals surface area contributed by atoms with E-state index in [-0.39, 0.29) is 12.7 Å². The van der Waals surface area contributed by atoms with Gasteiger partial charge in [-0.2, -0.15) is 0 Å². The molecule has 2 aliphatic rings. The molecule has 0 spiro atoms. The lowest BCUT2D eigenvalue weighted by Crippen LogP contribution is -2.32. The Morgan fingerprint density at radius 3 is 2.50 bits per heavy atom. The number of rotatable bonds is 3. The normalized spacial score (nSPS) is 16.3. The largest absolute Gasteiger partial charge is 0.454 e. The monoisotopic (exact) mass is 524 g/mol. The first kappa shape index (κ1) is 19.1. The molecule has 0 aliphatic carbocycles. The molecule has 5 nitrogen and oxygen atoms in total. The fourth-order valence-corrected chi connectivity index (χ4v) is 4.06. The molecule has 3 aromatic carbocycles. The standard InChI is InChI=1S/C23H14Br2N2O3/c24-15-6-8-16(9-7-15)27-22(17-3-1-2-4-18(17)25)26-19(23(27)28)11-14-5-10-20-21(12-14)30-13-29-20/h1-12H,13H2/b19-11+. The maximum atomic E-state index is 13.4. The van der Waals surface area contributed by atoms with Gasteiger partial charge in [0.15, 0.2) is 11.5 Å². The van der Waals surface area contributed by atoms with E-state index in [1.165, 1.54) is 0 Å². The van der Waals surface area contributed by atoms with E-state index < -0.39 is 0 Å². The fraction of sp³-hybridized carbons (Fsp3) is 0.0435. The van der Waals surface area contributed by atoms with Crippen molar-refractivity contribution in [3.63, 3.8) is 0 Å². The summed E-state index contributed by atoms with van der Waals surface area (Å²) < 4.78 is 12.6. The number of aliphatic imine (C=N–C) groups is 1. The van der Waals surface area contributed by atoms with Gasteiger partial charge in [0.05, 0.1) is 5.69 Å². The zero-order chi connectivity index (χ0) is 20.7. The maximum absolute atomic E-state index is 13.4. The van der Waals surface area contributed by atoms with E-state index >= 15 is 0 Å². The van der Waals surface area contributed by atoms with Gasteiger partial charge in [-0.05, 0) is 54.1 Å². The van der Waals surface area contributed by atoms with Crippen LogP contribution in [0.4, 0.5) is 5.69 Å². The Hall–Kier alpha value is -2.90. The van der Waals surface area contributed by atoms with E-state index in [4.69, 9.17) is 14.5 Å². The van der Waals surface area contributed by atoms with Gasteiger partial charge in [-0.15, -0.1) is 0 Å². The molecule has 5 rings (SSSR count). The summed E-state index contributed by atoms with van der Waals surface area (Å²) in [7, 11) is 0. The summed E-state index contributed by atoms with van der Waals surface area (Å²) in [4.78, 5) is 19.7. The minimum Gasteiger partial charge on any atom is -0.454 e. The molecule has 148 valence electrons. The van der Waals surface area contributed by atoms with E-state index in [9.17, 15) is 4.79 Å². The number of fused-ring (bicyclic) bond motifs is 1. The lowest BCUT2D eigenvalue weighted by molar-refractivity contribution is -0.113. The second-order valence-electron chi connectivity index (χ2n) is 6.67. The number of ether oxygens (including phenoxy) is 2. The first-order valence-corrected chi connectivity index (χ1v) is 10.7. The van der Waals surface area contributed by atoms with Crippen molar-refractivity contribution in [1.82, 2.24) is 0 Å². The van der Waals surface area contributed by atoms with Crippen molar-refractivity contribution in [2.24, 2.45) is 4.99 Å². The van der Waals surface area contributed by atoms with Crippen molar-refractivity contribution in [1.29, 1.82) is 0 Å². The molecule has 2 heterocycles. The summed E-state index contributed by atoms with van der Waals surface area (Å²) >= 11 is 7.03. The molecule has 3 aromatic rings. The van der Waals surface area contributed by atoms with E-state index in [1.54, 1.807) is 11.0 Å². The van der Waals surface area contributed by atoms with E-state index in [2.05, 4.69) is 31.9 Å². The minimum atomic E-state index is -0.194. The van der Waals surface area contributed by atoms with Gasteiger partial charge in [-0.3, -0.25) is 9.69 Å². The molecule has 0 N–H and O–H groups in total. The first-order valence-electron chi connectivity index (χ1n) is 9.15. The van der Waals surface area contributed by atoms with Crippen LogP contribution in [0, 0.1) is 0 Å². The number of anilines is 1. The molecule has 0 saturated heterocycles. The number of nitrogens with zero attached hydrogens (tertiary/aromatic N) is 2. The number of carbonyl (C=O) groups excluding carboxylic acids is 1. The molecule has 0 saturated carbocycles. The minimum absolute atomic E-state index is 0.194. The number of benzene rings is 3. The topological polar surface area (TPSA) is 51.1 Å². The van der Waals surface area contributed by atoms with Crippen molar-refractivity contribution >= 4 is 55.4 Å². The Kier molecular flexibility index (Phi) is 4.92. The van der Waals surface area contributed by atoms with Gasteiger partial charge in [0.2, 0.25) is 6.79 Å². The molecule has 30 heavy (non-hydrogen) atoms. The summed E-state index contributed by atoms with van der Waals surface area (Å²) in [6.45, 7) is 0.204. The lowest BCUT2D eigenvalue weighted by atomic mass is 10.1. The Bertz CT molecular complexity index is 1220. The third kappa shape index (κ3) is 3.44. The number of carbonyl (C=O) groups is 1. The van der Waals surface area contributed by atoms with Crippen molar-refractivity contribution in [2.45, 2.75) is 0 Å².